The van der Waals surface area contributed by atoms with Gasteiger partial charge in [-0.1, -0.05) is 18.2 Å². The molecule has 0 bridgehead atoms. The Balaban J connectivity index is 2.81. The monoisotopic (exact) mass is 214 g/mol. The van der Waals surface area contributed by atoms with Gasteiger partial charge in [-0.05, 0) is 17.7 Å². The van der Waals surface area contributed by atoms with E-state index >= 15 is 0 Å². The molecule has 0 unspecified atom stereocenters. The summed E-state index contributed by atoms with van der Waals surface area (Å²) in [5, 5.41) is 8.76. The molecule has 0 aliphatic heterocycles. The van der Waals surface area contributed by atoms with E-state index in [1.807, 2.05) is 12.1 Å². The second-order valence-corrected chi connectivity index (χ2v) is 3.50. The Bertz CT molecular complexity index is 432. The predicted molar refractivity (Wildman–Crippen MR) is 62.4 cm³/mol. The lowest BCUT2D eigenvalue weighted by Crippen LogP contribution is -2.28. The highest BCUT2D eigenvalue weighted by molar-refractivity contribution is 5.73. The van der Waals surface area contributed by atoms with Crippen molar-refractivity contribution >= 4 is 5.91 Å². The third-order valence-electron chi connectivity index (χ3n) is 2.22. The maximum Gasteiger partial charge on any atom is 0.220 e. The lowest BCUT2D eigenvalue weighted by molar-refractivity contribution is -0.128. The van der Waals surface area contributed by atoms with Crippen molar-refractivity contribution in [3.63, 3.8) is 0 Å². The van der Waals surface area contributed by atoms with Gasteiger partial charge in [0.05, 0.1) is 11.6 Å². The zero-order chi connectivity index (χ0) is 12.0. The maximum absolute atomic E-state index is 11.3. The number of rotatable bonds is 4. The Hall–Kier alpha value is -2.08. The first-order valence-electron chi connectivity index (χ1n) is 5.03. The number of hydrogen-bond donors (Lipinski definition) is 0. The Morgan fingerprint density at radius 3 is 2.94 bits per heavy atom. The van der Waals surface area contributed by atoms with E-state index in [0.717, 1.165) is 5.56 Å². The fraction of sp³-hybridized carbons (Fsp3) is 0.231. The molecule has 0 aliphatic carbocycles. The molecule has 0 saturated heterocycles. The molecule has 1 aromatic rings. The van der Waals surface area contributed by atoms with E-state index in [1.165, 1.54) is 6.92 Å². The number of nitrogens with zero attached hydrogens (tertiary/aromatic N) is 2. The molecular weight excluding hydrogens is 200 g/mol. The van der Waals surface area contributed by atoms with Crippen LogP contribution in [0.4, 0.5) is 0 Å². The van der Waals surface area contributed by atoms with Crippen molar-refractivity contribution < 1.29 is 4.79 Å². The minimum atomic E-state index is 0.00209. The first-order chi connectivity index (χ1) is 7.67. The highest BCUT2D eigenvalue weighted by atomic mass is 16.2. The van der Waals surface area contributed by atoms with Crippen LogP contribution in [0.15, 0.2) is 36.9 Å². The normalized spacial score (nSPS) is 9.25. The van der Waals surface area contributed by atoms with Gasteiger partial charge < -0.3 is 4.90 Å². The summed E-state index contributed by atoms with van der Waals surface area (Å²) >= 11 is 0. The number of benzene rings is 1. The zero-order valence-corrected chi connectivity index (χ0v) is 9.31. The molecule has 0 fully saturated rings. The van der Waals surface area contributed by atoms with Gasteiger partial charge in [0.15, 0.2) is 0 Å². The van der Waals surface area contributed by atoms with Gasteiger partial charge in [-0.15, -0.1) is 6.58 Å². The van der Waals surface area contributed by atoms with Crippen molar-refractivity contribution in [2.45, 2.75) is 13.5 Å². The van der Waals surface area contributed by atoms with Gasteiger partial charge >= 0.3 is 0 Å². The highest BCUT2D eigenvalue weighted by Crippen LogP contribution is 2.08. The van der Waals surface area contributed by atoms with Crippen molar-refractivity contribution in [1.29, 1.82) is 5.26 Å². The summed E-state index contributed by atoms with van der Waals surface area (Å²) in [4.78, 5) is 13.0. The number of hydrogen-bond acceptors (Lipinski definition) is 2. The molecule has 0 N–H and O–H groups in total. The summed E-state index contributed by atoms with van der Waals surface area (Å²) in [6, 6.07) is 9.34. The number of nitriles is 1. The molecule has 1 rings (SSSR count). The van der Waals surface area contributed by atoms with E-state index < -0.39 is 0 Å². The second kappa shape index (κ2) is 5.72. The van der Waals surface area contributed by atoms with Gasteiger partial charge in [0, 0.05) is 20.0 Å². The average molecular weight is 214 g/mol. The van der Waals surface area contributed by atoms with Crippen LogP contribution in [0.3, 0.4) is 0 Å². The fourth-order valence-electron chi connectivity index (χ4n) is 1.42. The van der Waals surface area contributed by atoms with Gasteiger partial charge in [0.1, 0.15) is 0 Å². The summed E-state index contributed by atoms with van der Waals surface area (Å²) in [5.41, 5.74) is 1.57. The first kappa shape index (κ1) is 12.0. The van der Waals surface area contributed by atoms with Gasteiger partial charge in [-0.3, -0.25) is 4.79 Å². The largest absolute Gasteiger partial charge is 0.335 e. The maximum atomic E-state index is 11.3. The molecular formula is C13H14N2O. The van der Waals surface area contributed by atoms with Crippen LogP contribution in [0.25, 0.3) is 0 Å². The molecule has 16 heavy (non-hydrogen) atoms. The molecule has 0 radical (unpaired) electrons. The van der Waals surface area contributed by atoms with Crippen molar-refractivity contribution in [2.24, 2.45) is 0 Å². The van der Waals surface area contributed by atoms with Crippen molar-refractivity contribution in [1.82, 2.24) is 4.90 Å². The van der Waals surface area contributed by atoms with Crippen molar-refractivity contribution in [3.8, 4) is 6.07 Å². The molecule has 0 aliphatic rings. The Morgan fingerprint density at radius 2 is 2.38 bits per heavy atom. The molecule has 0 aromatic heterocycles. The summed E-state index contributed by atoms with van der Waals surface area (Å²) in [6.45, 7) is 6.17. The van der Waals surface area contributed by atoms with E-state index in [-0.39, 0.29) is 5.91 Å². The molecule has 82 valence electrons. The molecule has 0 saturated carbocycles. The van der Waals surface area contributed by atoms with E-state index in [1.54, 1.807) is 23.1 Å². The number of carbonyl (C=O) groups excluding carboxylic acids is 1. The topological polar surface area (TPSA) is 44.1 Å². The minimum absolute atomic E-state index is 0.00209. The Labute approximate surface area is 95.6 Å². The molecule has 0 spiro atoms. The van der Waals surface area contributed by atoms with Crippen LogP contribution in [0.5, 0.6) is 0 Å². The van der Waals surface area contributed by atoms with Crippen molar-refractivity contribution in [3.05, 3.63) is 48.0 Å². The van der Waals surface area contributed by atoms with E-state index in [9.17, 15) is 4.79 Å². The minimum Gasteiger partial charge on any atom is -0.335 e. The van der Waals surface area contributed by atoms with Crippen LogP contribution < -0.4 is 0 Å². The SMILES string of the molecule is C=CCN(Cc1cccc(C#N)c1)C(C)=O. The van der Waals surface area contributed by atoms with Crippen LogP contribution in [0, 0.1) is 11.3 Å². The molecule has 0 heterocycles. The predicted octanol–water partition coefficient (Wildman–Crippen LogP) is 2.09. The van der Waals surface area contributed by atoms with Gasteiger partial charge in [-0.25, -0.2) is 0 Å². The summed E-state index contributed by atoms with van der Waals surface area (Å²) in [6.07, 6.45) is 1.69. The van der Waals surface area contributed by atoms with E-state index in [2.05, 4.69) is 12.6 Å². The van der Waals surface area contributed by atoms with Gasteiger partial charge in [-0.2, -0.15) is 5.26 Å². The fourth-order valence-corrected chi connectivity index (χ4v) is 1.42. The molecule has 3 heteroatoms. The van der Waals surface area contributed by atoms with E-state index in [0.29, 0.717) is 18.7 Å². The molecule has 1 amide bonds. The second-order valence-electron chi connectivity index (χ2n) is 3.50. The van der Waals surface area contributed by atoms with Crippen LogP contribution >= 0.6 is 0 Å². The summed E-state index contributed by atoms with van der Waals surface area (Å²) in [7, 11) is 0. The van der Waals surface area contributed by atoms with Crippen LogP contribution in [0.2, 0.25) is 0 Å². The summed E-state index contributed by atoms with van der Waals surface area (Å²) < 4.78 is 0. The Kier molecular flexibility index (Phi) is 4.28. The molecule has 3 nitrogen and oxygen atoms in total. The molecule has 0 atom stereocenters. The average Bonchev–Trinajstić information content (AvgIpc) is 2.28. The molecule has 1 aromatic carbocycles. The van der Waals surface area contributed by atoms with E-state index in [4.69, 9.17) is 5.26 Å². The van der Waals surface area contributed by atoms with Gasteiger partial charge in [0.2, 0.25) is 5.91 Å². The lowest BCUT2D eigenvalue weighted by Gasteiger charge is -2.19. The number of amides is 1. The first-order valence-corrected chi connectivity index (χ1v) is 5.03. The third kappa shape index (κ3) is 3.25. The summed E-state index contributed by atoms with van der Waals surface area (Å²) in [5.74, 6) is 0.00209. The van der Waals surface area contributed by atoms with Crippen LogP contribution in [-0.2, 0) is 11.3 Å². The zero-order valence-electron chi connectivity index (χ0n) is 9.31. The highest BCUT2D eigenvalue weighted by Gasteiger charge is 2.07. The lowest BCUT2D eigenvalue weighted by atomic mass is 10.1. The van der Waals surface area contributed by atoms with Crippen molar-refractivity contribution in [2.75, 3.05) is 6.54 Å². The number of carbonyl (C=O) groups is 1. The van der Waals surface area contributed by atoms with Gasteiger partial charge in [0.25, 0.3) is 0 Å². The third-order valence-corrected chi connectivity index (χ3v) is 2.22. The van der Waals surface area contributed by atoms with Crippen LogP contribution in [0.1, 0.15) is 18.1 Å². The Morgan fingerprint density at radius 1 is 1.62 bits per heavy atom. The quantitative estimate of drug-likeness (QED) is 0.720. The standard InChI is InChI=1S/C13H14N2O/c1-3-7-15(11(2)16)10-13-6-4-5-12(8-13)9-14/h3-6,8H,1,7,10H2,2H3. The van der Waals surface area contributed by atoms with Crippen LogP contribution in [-0.4, -0.2) is 17.4 Å². The smallest absolute Gasteiger partial charge is 0.220 e.